The van der Waals surface area contributed by atoms with E-state index in [4.69, 9.17) is 10.2 Å². The molecule has 3 rings (SSSR count). The number of hydrogen-bond donors (Lipinski definition) is 2. The predicted octanol–water partition coefficient (Wildman–Crippen LogP) is 3.06. The minimum Gasteiger partial charge on any atom is -0.462 e. The number of nitrogens with one attached hydrogen (secondary N) is 1. The summed E-state index contributed by atoms with van der Waals surface area (Å²) in [4.78, 5) is 28.5. The molecule has 0 saturated carbocycles. The van der Waals surface area contributed by atoms with E-state index in [9.17, 15) is 9.59 Å². The number of aromatic nitrogens is 1. The highest BCUT2D eigenvalue weighted by Crippen LogP contribution is 2.28. The molecular formula is C16H13N3O3S. The normalized spacial score (nSPS) is 10.5. The molecule has 0 unspecified atom stereocenters. The van der Waals surface area contributed by atoms with Crippen molar-refractivity contribution >= 4 is 28.8 Å². The van der Waals surface area contributed by atoms with Crippen molar-refractivity contribution < 1.29 is 14.0 Å². The molecule has 0 saturated heterocycles. The maximum atomic E-state index is 12.3. The van der Waals surface area contributed by atoms with Gasteiger partial charge in [0.2, 0.25) is 5.91 Å². The van der Waals surface area contributed by atoms with E-state index in [1.165, 1.54) is 11.3 Å². The Morgan fingerprint density at radius 3 is 2.57 bits per heavy atom. The second-order valence-corrected chi connectivity index (χ2v) is 6.00. The van der Waals surface area contributed by atoms with Crippen LogP contribution < -0.4 is 11.1 Å². The van der Waals surface area contributed by atoms with Gasteiger partial charge in [-0.25, -0.2) is 4.98 Å². The third kappa shape index (κ3) is 3.14. The van der Waals surface area contributed by atoms with Crippen LogP contribution >= 0.6 is 11.3 Å². The van der Waals surface area contributed by atoms with Crippen LogP contribution in [0.1, 0.15) is 25.7 Å². The largest absolute Gasteiger partial charge is 0.462 e. The summed E-state index contributed by atoms with van der Waals surface area (Å²) in [5.41, 5.74) is 6.47. The van der Waals surface area contributed by atoms with E-state index >= 15 is 0 Å². The number of primary amides is 1. The van der Waals surface area contributed by atoms with Gasteiger partial charge in [-0.2, -0.15) is 0 Å². The van der Waals surface area contributed by atoms with Gasteiger partial charge in [-0.15, -0.1) is 11.3 Å². The molecule has 2 heterocycles. The molecule has 6 nitrogen and oxygen atoms in total. The summed E-state index contributed by atoms with van der Waals surface area (Å²) in [5.74, 6) is -0.201. The molecule has 3 aromatic rings. The molecule has 2 aromatic heterocycles. The number of amides is 2. The summed E-state index contributed by atoms with van der Waals surface area (Å²) in [6.45, 7) is 1.83. The lowest BCUT2D eigenvalue weighted by Gasteiger charge is -2.04. The van der Waals surface area contributed by atoms with Crippen molar-refractivity contribution in [3.8, 4) is 10.8 Å². The molecule has 3 N–H and O–H groups in total. The molecule has 0 fully saturated rings. The van der Waals surface area contributed by atoms with Crippen LogP contribution in [0.5, 0.6) is 0 Å². The van der Waals surface area contributed by atoms with E-state index in [2.05, 4.69) is 10.3 Å². The topological polar surface area (TPSA) is 98.2 Å². The quantitative estimate of drug-likeness (QED) is 0.769. The lowest BCUT2D eigenvalue weighted by Crippen LogP contribution is -2.14. The monoisotopic (exact) mass is 327 g/mol. The summed E-state index contributed by atoms with van der Waals surface area (Å²) in [7, 11) is 0. The van der Waals surface area contributed by atoms with Crippen molar-refractivity contribution in [2.75, 3.05) is 5.32 Å². The average molecular weight is 327 g/mol. The van der Waals surface area contributed by atoms with Gasteiger partial charge in [0.05, 0.1) is 6.26 Å². The minimum atomic E-state index is -0.513. The molecule has 0 atom stereocenters. The van der Waals surface area contributed by atoms with Crippen LogP contribution in [0.15, 0.2) is 47.1 Å². The zero-order valence-corrected chi connectivity index (χ0v) is 13.0. The maximum absolute atomic E-state index is 12.3. The molecule has 7 heteroatoms. The molecule has 2 amide bonds. The van der Waals surface area contributed by atoms with Crippen molar-refractivity contribution in [1.29, 1.82) is 0 Å². The lowest BCUT2D eigenvalue weighted by atomic mass is 10.2. The molecular weight excluding hydrogens is 314 g/mol. The Morgan fingerprint density at radius 1 is 1.22 bits per heavy atom. The van der Waals surface area contributed by atoms with E-state index in [0.717, 1.165) is 4.88 Å². The molecule has 0 aliphatic carbocycles. The Hall–Kier alpha value is -2.93. The van der Waals surface area contributed by atoms with E-state index in [1.54, 1.807) is 42.7 Å². The Morgan fingerprint density at radius 2 is 1.96 bits per heavy atom. The smallest absolute Gasteiger partial charge is 0.275 e. The van der Waals surface area contributed by atoms with Gasteiger partial charge in [-0.3, -0.25) is 9.59 Å². The number of hydrogen-bond acceptors (Lipinski definition) is 5. The molecule has 0 bridgehead atoms. The number of carbonyl (C=O) groups excluding carboxylic acids is 2. The second kappa shape index (κ2) is 6.05. The van der Waals surface area contributed by atoms with E-state index < -0.39 is 5.91 Å². The highest BCUT2D eigenvalue weighted by molar-refractivity contribution is 7.15. The average Bonchev–Trinajstić information content (AvgIpc) is 3.16. The van der Waals surface area contributed by atoms with E-state index in [1.807, 2.05) is 6.92 Å². The number of rotatable bonds is 4. The van der Waals surface area contributed by atoms with Crippen molar-refractivity contribution in [2.45, 2.75) is 6.92 Å². The summed E-state index contributed by atoms with van der Waals surface area (Å²) >= 11 is 1.39. The summed E-state index contributed by atoms with van der Waals surface area (Å²) in [5, 5.41) is 3.40. The van der Waals surface area contributed by atoms with Crippen LogP contribution in [0.2, 0.25) is 0 Å². The van der Waals surface area contributed by atoms with E-state index in [0.29, 0.717) is 27.7 Å². The van der Waals surface area contributed by atoms with Crippen LogP contribution in [-0.2, 0) is 0 Å². The first-order valence-corrected chi connectivity index (χ1v) is 7.59. The van der Waals surface area contributed by atoms with Crippen LogP contribution in [0.3, 0.4) is 0 Å². The number of benzene rings is 1. The lowest BCUT2D eigenvalue weighted by molar-refractivity contribution is 0.0998. The minimum absolute atomic E-state index is 0.316. The Labute approximate surface area is 136 Å². The first-order chi connectivity index (χ1) is 11.0. The predicted molar refractivity (Wildman–Crippen MR) is 87.5 cm³/mol. The van der Waals surface area contributed by atoms with Gasteiger partial charge in [0, 0.05) is 16.1 Å². The van der Waals surface area contributed by atoms with E-state index in [-0.39, 0.29) is 5.91 Å². The van der Waals surface area contributed by atoms with Gasteiger partial charge in [-0.1, -0.05) is 0 Å². The van der Waals surface area contributed by atoms with Crippen molar-refractivity contribution in [1.82, 2.24) is 4.98 Å². The fourth-order valence-electron chi connectivity index (χ4n) is 2.02. The SMILES string of the molecule is Cc1sc(-c2ccco2)nc1C(=O)Nc1ccc(C(N)=O)cc1. The summed E-state index contributed by atoms with van der Waals surface area (Å²) in [6.07, 6.45) is 1.56. The Kier molecular flexibility index (Phi) is 3.94. The molecule has 0 aliphatic rings. The van der Waals surface area contributed by atoms with Crippen molar-refractivity contribution in [3.63, 3.8) is 0 Å². The zero-order valence-electron chi connectivity index (χ0n) is 12.2. The molecule has 23 heavy (non-hydrogen) atoms. The van der Waals surface area contributed by atoms with Gasteiger partial charge in [-0.05, 0) is 43.3 Å². The summed E-state index contributed by atoms with van der Waals surface area (Å²) in [6, 6.07) is 9.91. The number of nitrogens with zero attached hydrogens (tertiary/aromatic N) is 1. The third-order valence-electron chi connectivity index (χ3n) is 3.17. The van der Waals surface area contributed by atoms with Gasteiger partial charge in [0.1, 0.15) is 5.69 Å². The Bertz CT molecular complexity index is 851. The molecule has 0 spiro atoms. The molecule has 0 aliphatic heterocycles. The highest BCUT2D eigenvalue weighted by Gasteiger charge is 2.17. The van der Waals surface area contributed by atoms with Crippen molar-refractivity contribution in [3.05, 3.63) is 58.8 Å². The molecule has 1 aromatic carbocycles. The number of thiazole rings is 1. The summed E-state index contributed by atoms with van der Waals surface area (Å²) < 4.78 is 5.29. The first kappa shape index (κ1) is 15.0. The number of aryl methyl sites for hydroxylation is 1. The third-order valence-corrected chi connectivity index (χ3v) is 4.16. The highest BCUT2D eigenvalue weighted by atomic mass is 32.1. The molecule has 116 valence electrons. The van der Waals surface area contributed by atoms with Crippen LogP contribution in [-0.4, -0.2) is 16.8 Å². The van der Waals surface area contributed by atoms with Crippen LogP contribution in [0, 0.1) is 6.92 Å². The fourth-order valence-corrected chi connectivity index (χ4v) is 2.90. The maximum Gasteiger partial charge on any atom is 0.275 e. The standard InChI is InChI=1S/C16H13N3O3S/c1-9-13(19-16(23-9)12-3-2-8-22-12)15(21)18-11-6-4-10(5-7-11)14(17)20/h2-8H,1H3,(H2,17,20)(H,18,21). The number of anilines is 1. The van der Waals surface area contributed by atoms with Gasteiger partial charge < -0.3 is 15.5 Å². The Balaban J connectivity index is 1.79. The van der Waals surface area contributed by atoms with Crippen molar-refractivity contribution in [2.24, 2.45) is 5.73 Å². The first-order valence-electron chi connectivity index (χ1n) is 6.77. The van der Waals surface area contributed by atoms with Gasteiger partial charge >= 0.3 is 0 Å². The second-order valence-electron chi connectivity index (χ2n) is 4.80. The number of nitrogens with two attached hydrogens (primary N) is 1. The molecule has 0 radical (unpaired) electrons. The number of carbonyl (C=O) groups is 2. The fraction of sp³-hybridized carbons (Fsp3) is 0.0625. The zero-order chi connectivity index (χ0) is 16.4. The van der Waals surface area contributed by atoms with Crippen LogP contribution in [0.25, 0.3) is 10.8 Å². The van der Waals surface area contributed by atoms with Gasteiger partial charge in [0.15, 0.2) is 10.8 Å². The number of furan rings is 1. The van der Waals surface area contributed by atoms with Gasteiger partial charge in [0.25, 0.3) is 5.91 Å². The van der Waals surface area contributed by atoms with Crippen LogP contribution in [0.4, 0.5) is 5.69 Å².